The summed E-state index contributed by atoms with van der Waals surface area (Å²) < 4.78 is 57.3. The highest BCUT2D eigenvalue weighted by atomic mass is 19.4. The minimum atomic E-state index is -4.69. The number of hydrogen-bond acceptors (Lipinski definition) is 3. The van der Waals surface area contributed by atoms with Crippen molar-refractivity contribution < 1.29 is 27.2 Å². The van der Waals surface area contributed by atoms with Crippen LogP contribution in [0.2, 0.25) is 0 Å². The second-order valence-corrected chi connectivity index (χ2v) is 4.33. The van der Waals surface area contributed by atoms with Crippen molar-refractivity contribution in [2.45, 2.75) is 6.18 Å². The molecule has 118 valence electrons. The van der Waals surface area contributed by atoms with Crippen molar-refractivity contribution >= 4 is 11.7 Å². The third-order valence-corrected chi connectivity index (χ3v) is 2.85. The summed E-state index contributed by atoms with van der Waals surface area (Å²) in [5.41, 5.74) is -1.25. The molecule has 22 heavy (non-hydrogen) atoms. The fourth-order valence-electron chi connectivity index (χ4n) is 1.79. The highest BCUT2D eigenvalue weighted by Gasteiger charge is 2.36. The second-order valence-electron chi connectivity index (χ2n) is 4.33. The molecular formula is C13H11F4N3O2. The maximum atomic E-state index is 14.0. The SMILES string of the molecule is COc1cccc(C(=O)N(F)c2cc(C(F)(F)F)n(C)n2)c1. The van der Waals surface area contributed by atoms with Gasteiger partial charge in [-0.15, -0.1) is 5.12 Å². The summed E-state index contributed by atoms with van der Waals surface area (Å²) in [4.78, 5) is 11.9. The summed E-state index contributed by atoms with van der Waals surface area (Å²) in [6.07, 6.45) is -4.69. The maximum Gasteiger partial charge on any atom is 0.433 e. The quantitative estimate of drug-likeness (QED) is 0.646. The highest BCUT2D eigenvalue weighted by Crippen LogP contribution is 2.31. The number of ether oxygens (including phenoxy) is 1. The van der Waals surface area contributed by atoms with Crippen LogP contribution in [0.5, 0.6) is 5.75 Å². The smallest absolute Gasteiger partial charge is 0.433 e. The predicted octanol–water partition coefficient (Wildman–Crippen LogP) is 2.98. The van der Waals surface area contributed by atoms with E-state index in [9.17, 15) is 22.4 Å². The first-order valence-electron chi connectivity index (χ1n) is 5.99. The van der Waals surface area contributed by atoms with Crippen LogP contribution in [-0.2, 0) is 13.2 Å². The molecule has 0 saturated carbocycles. The zero-order valence-electron chi connectivity index (χ0n) is 11.6. The summed E-state index contributed by atoms with van der Waals surface area (Å²) in [7, 11) is 2.38. The lowest BCUT2D eigenvalue weighted by atomic mass is 10.2. The number of carbonyl (C=O) groups is 1. The Hall–Kier alpha value is -2.58. The number of nitrogens with zero attached hydrogens (tertiary/aromatic N) is 3. The van der Waals surface area contributed by atoms with Crippen LogP contribution in [0.4, 0.5) is 23.5 Å². The Morgan fingerprint density at radius 2 is 2.00 bits per heavy atom. The van der Waals surface area contributed by atoms with Crippen molar-refractivity contribution in [3.63, 3.8) is 0 Å². The van der Waals surface area contributed by atoms with Crippen molar-refractivity contribution in [1.82, 2.24) is 9.78 Å². The number of amides is 1. The van der Waals surface area contributed by atoms with E-state index < -0.39 is 28.7 Å². The third-order valence-electron chi connectivity index (χ3n) is 2.85. The number of aromatic nitrogens is 2. The van der Waals surface area contributed by atoms with Gasteiger partial charge in [0.1, 0.15) is 11.4 Å². The van der Waals surface area contributed by atoms with E-state index in [1.807, 2.05) is 0 Å². The number of carbonyl (C=O) groups excluding carboxylic acids is 1. The van der Waals surface area contributed by atoms with Crippen molar-refractivity contribution in [1.29, 1.82) is 0 Å². The zero-order chi connectivity index (χ0) is 16.5. The maximum absolute atomic E-state index is 14.0. The van der Waals surface area contributed by atoms with Gasteiger partial charge in [-0.25, -0.2) is 0 Å². The Labute approximate surface area is 122 Å². The molecule has 0 spiro atoms. The van der Waals surface area contributed by atoms with Crippen LogP contribution in [0.15, 0.2) is 30.3 Å². The van der Waals surface area contributed by atoms with Crippen LogP contribution in [-0.4, -0.2) is 22.8 Å². The molecule has 1 amide bonds. The summed E-state index contributed by atoms with van der Waals surface area (Å²) in [6, 6.07) is 6.03. The van der Waals surface area contributed by atoms with E-state index in [1.54, 1.807) is 6.07 Å². The van der Waals surface area contributed by atoms with Crippen molar-refractivity contribution in [3.05, 3.63) is 41.6 Å². The van der Waals surface area contributed by atoms with Gasteiger partial charge in [0.2, 0.25) is 0 Å². The van der Waals surface area contributed by atoms with Crippen LogP contribution in [0.25, 0.3) is 0 Å². The van der Waals surface area contributed by atoms with E-state index in [-0.39, 0.29) is 5.56 Å². The van der Waals surface area contributed by atoms with Gasteiger partial charge in [0.15, 0.2) is 5.82 Å². The lowest BCUT2D eigenvalue weighted by Gasteiger charge is -2.09. The van der Waals surface area contributed by atoms with Crippen molar-refractivity contribution in [2.24, 2.45) is 7.05 Å². The van der Waals surface area contributed by atoms with Gasteiger partial charge in [-0.2, -0.15) is 18.3 Å². The largest absolute Gasteiger partial charge is 0.497 e. The number of anilines is 1. The normalized spacial score (nSPS) is 11.4. The molecule has 0 aliphatic heterocycles. The van der Waals surface area contributed by atoms with Crippen molar-refractivity contribution in [2.75, 3.05) is 12.2 Å². The second kappa shape index (κ2) is 5.66. The first kappa shape index (κ1) is 15.8. The van der Waals surface area contributed by atoms with Gasteiger partial charge >= 0.3 is 6.18 Å². The summed E-state index contributed by atoms with van der Waals surface area (Å²) in [5.74, 6) is -1.58. The Morgan fingerprint density at radius 1 is 1.32 bits per heavy atom. The molecular weight excluding hydrogens is 306 g/mol. The minimum absolute atomic E-state index is 0.0824. The third kappa shape index (κ3) is 3.02. The summed E-state index contributed by atoms with van der Waals surface area (Å²) in [6.45, 7) is 0. The number of aryl methyl sites for hydroxylation is 1. The van der Waals surface area contributed by atoms with E-state index in [0.29, 0.717) is 16.5 Å². The fourth-order valence-corrected chi connectivity index (χ4v) is 1.79. The molecule has 1 heterocycles. The van der Waals surface area contributed by atoms with Gasteiger partial charge < -0.3 is 4.74 Å². The summed E-state index contributed by atoms with van der Waals surface area (Å²) >= 11 is 0. The number of alkyl halides is 3. The van der Waals surface area contributed by atoms with Crippen LogP contribution in [0, 0.1) is 0 Å². The molecule has 2 aromatic rings. The molecule has 0 atom stereocenters. The van der Waals surface area contributed by atoms with Gasteiger partial charge in [-0.3, -0.25) is 9.48 Å². The summed E-state index contributed by atoms with van der Waals surface area (Å²) in [5, 5.41) is 2.92. The topological polar surface area (TPSA) is 47.4 Å². The lowest BCUT2D eigenvalue weighted by Crippen LogP contribution is -2.22. The van der Waals surface area contributed by atoms with E-state index >= 15 is 0 Å². The van der Waals surface area contributed by atoms with Gasteiger partial charge in [0, 0.05) is 18.7 Å². The number of halogens is 4. The van der Waals surface area contributed by atoms with E-state index in [4.69, 9.17) is 4.74 Å². The molecule has 2 rings (SSSR count). The average Bonchev–Trinajstić information content (AvgIpc) is 2.88. The highest BCUT2D eigenvalue weighted by molar-refractivity contribution is 6.04. The molecule has 1 aromatic heterocycles. The van der Waals surface area contributed by atoms with E-state index in [1.165, 1.54) is 25.3 Å². The predicted molar refractivity (Wildman–Crippen MR) is 69.1 cm³/mol. The molecule has 0 bridgehead atoms. The first-order chi connectivity index (χ1) is 10.2. The van der Waals surface area contributed by atoms with E-state index in [2.05, 4.69) is 5.10 Å². The monoisotopic (exact) mass is 317 g/mol. The van der Waals surface area contributed by atoms with Gasteiger partial charge in [0.05, 0.1) is 7.11 Å². The number of methoxy groups -OCH3 is 1. The Kier molecular flexibility index (Phi) is 4.07. The lowest BCUT2D eigenvalue weighted by molar-refractivity contribution is -0.143. The van der Waals surface area contributed by atoms with Crippen LogP contribution in [0.3, 0.4) is 0 Å². The average molecular weight is 317 g/mol. The van der Waals surface area contributed by atoms with Crippen molar-refractivity contribution in [3.8, 4) is 5.75 Å². The van der Waals surface area contributed by atoms with Gasteiger partial charge in [-0.05, 0) is 18.2 Å². The number of rotatable bonds is 3. The molecule has 0 unspecified atom stereocenters. The Morgan fingerprint density at radius 3 is 2.55 bits per heavy atom. The molecule has 0 N–H and O–H groups in total. The molecule has 1 aromatic carbocycles. The van der Waals surface area contributed by atoms with Crippen LogP contribution in [0.1, 0.15) is 16.1 Å². The number of hydrogen-bond donors (Lipinski definition) is 0. The molecule has 0 fully saturated rings. The number of benzene rings is 1. The first-order valence-corrected chi connectivity index (χ1v) is 5.99. The van der Waals surface area contributed by atoms with Gasteiger partial charge in [0.25, 0.3) is 5.91 Å². The molecule has 5 nitrogen and oxygen atoms in total. The molecule has 0 saturated heterocycles. The van der Waals surface area contributed by atoms with Crippen LogP contribution < -0.4 is 9.86 Å². The fraction of sp³-hybridized carbons (Fsp3) is 0.231. The molecule has 9 heteroatoms. The Balaban J connectivity index is 2.31. The van der Waals surface area contributed by atoms with Crippen LogP contribution >= 0.6 is 0 Å². The zero-order valence-corrected chi connectivity index (χ0v) is 11.6. The molecule has 0 aliphatic carbocycles. The van der Waals surface area contributed by atoms with Gasteiger partial charge in [-0.1, -0.05) is 10.5 Å². The standard InChI is InChI=1S/C13H11F4N3O2/c1-19-10(13(14,15)16)7-11(18-19)20(17)12(21)8-4-3-5-9(6-8)22-2/h3-7H,1-2H3. The minimum Gasteiger partial charge on any atom is -0.497 e. The van der Waals surface area contributed by atoms with E-state index in [0.717, 1.165) is 7.05 Å². The Bertz CT molecular complexity index is 697. The molecule has 0 radical (unpaired) electrons. The molecule has 0 aliphatic rings.